The maximum Gasteiger partial charge on any atom is 0.340 e. The number of rotatable bonds is 8. The lowest BCUT2D eigenvalue weighted by atomic mass is 10.0. The van der Waals surface area contributed by atoms with Crippen molar-refractivity contribution >= 4 is 17.6 Å². The van der Waals surface area contributed by atoms with Gasteiger partial charge in [0.25, 0.3) is 5.91 Å². The summed E-state index contributed by atoms with van der Waals surface area (Å²) >= 11 is 0. The predicted molar refractivity (Wildman–Crippen MR) is 110 cm³/mol. The summed E-state index contributed by atoms with van der Waals surface area (Å²) in [6.45, 7) is 5.75. The van der Waals surface area contributed by atoms with Gasteiger partial charge in [-0.3, -0.25) is 4.79 Å². The van der Waals surface area contributed by atoms with Crippen molar-refractivity contribution < 1.29 is 28.5 Å². The van der Waals surface area contributed by atoms with Crippen LogP contribution >= 0.6 is 0 Å². The lowest BCUT2D eigenvalue weighted by molar-refractivity contribution is -0.122. The first-order chi connectivity index (χ1) is 13.8. The molecule has 0 fully saturated rings. The molecule has 0 radical (unpaired) electrons. The highest BCUT2D eigenvalue weighted by atomic mass is 16.5. The SMILES string of the molecule is COC(=O)c1cc(OC)c(OC)cc1NC(=O)C(C)Oc1ccccc1C(C)C. The number of hydrogen-bond donors (Lipinski definition) is 1. The topological polar surface area (TPSA) is 83.1 Å². The van der Waals surface area contributed by atoms with Gasteiger partial charge in [-0.25, -0.2) is 4.79 Å². The van der Waals surface area contributed by atoms with E-state index >= 15 is 0 Å². The minimum absolute atomic E-state index is 0.147. The van der Waals surface area contributed by atoms with Crippen molar-refractivity contribution in [1.82, 2.24) is 0 Å². The van der Waals surface area contributed by atoms with E-state index in [1.807, 2.05) is 24.3 Å². The van der Waals surface area contributed by atoms with Crippen LogP contribution in [0.25, 0.3) is 0 Å². The molecule has 0 aliphatic carbocycles. The summed E-state index contributed by atoms with van der Waals surface area (Å²) < 4.78 is 21.2. The number of carbonyl (C=O) groups is 2. The van der Waals surface area contributed by atoms with E-state index in [1.165, 1.54) is 33.5 Å². The van der Waals surface area contributed by atoms with Gasteiger partial charge < -0.3 is 24.3 Å². The molecule has 1 N–H and O–H groups in total. The van der Waals surface area contributed by atoms with Gasteiger partial charge in [-0.05, 0) is 24.5 Å². The highest BCUT2D eigenvalue weighted by Gasteiger charge is 2.22. The van der Waals surface area contributed by atoms with Crippen LogP contribution in [-0.4, -0.2) is 39.3 Å². The molecule has 1 atom stereocenters. The molecule has 7 nitrogen and oxygen atoms in total. The molecule has 0 saturated heterocycles. The molecule has 2 aromatic rings. The Morgan fingerprint density at radius 1 is 0.897 bits per heavy atom. The average Bonchev–Trinajstić information content (AvgIpc) is 2.72. The third kappa shape index (κ3) is 5.19. The van der Waals surface area contributed by atoms with Crippen LogP contribution in [0, 0.1) is 0 Å². The Labute approximate surface area is 170 Å². The van der Waals surface area contributed by atoms with Crippen LogP contribution < -0.4 is 19.5 Å². The van der Waals surface area contributed by atoms with Gasteiger partial charge in [-0.15, -0.1) is 0 Å². The Morgan fingerprint density at radius 2 is 1.52 bits per heavy atom. The van der Waals surface area contributed by atoms with E-state index in [-0.39, 0.29) is 17.2 Å². The smallest absolute Gasteiger partial charge is 0.340 e. The van der Waals surface area contributed by atoms with E-state index in [4.69, 9.17) is 18.9 Å². The zero-order valence-corrected chi connectivity index (χ0v) is 17.6. The van der Waals surface area contributed by atoms with Gasteiger partial charge in [-0.2, -0.15) is 0 Å². The molecule has 0 bridgehead atoms. The number of nitrogens with one attached hydrogen (secondary N) is 1. The summed E-state index contributed by atoms with van der Waals surface area (Å²) in [5.41, 5.74) is 1.40. The van der Waals surface area contributed by atoms with Gasteiger partial charge in [0, 0.05) is 12.1 Å². The second-order valence-corrected chi connectivity index (χ2v) is 6.69. The quantitative estimate of drug-likeness (QED) is 0.673. The summed E-state index contributed by atoms with van der Waals surface area (Å²) in [5, 5.41) is 2.72. The van der Waals surface area contributed by atoms with E-state index in [2.05, 4.69) is 19.2 Å². The summed E-state index contributed by atoms with van der Waals surface area (Å²) in [6.07, 6.45) is -0.798. The first-order valence-corrected chi connectivity index (χ1v) is 9.23. The van der Waals surface area contributed by atoms with E-state index in [9.17, 15) is 9.59 Å². The third-order valence-electron chi connectivity index (χ3n) is 4.40. The molecule has 0 heterocycles. The first kappa shape index (κ1) is 22.1. The Balaban J connectivity index is 2.28. The van der Waals surface area contributed by atoms with Crippen LogP contribution in [-0.2, 0) is 9.53 Å². The van der Waals surface area contributed by atoms with E-state index in [0.717, 1.165) is 5.56 Å². The van der Waals surface area contributed by atoms with Gasteiger partial charge in [0.05, 0.1) is 32.6 Å². The van der Waals surface area contributed by atoms with Crippen LogP contribution in [0.1, 0.15) is 42.6 Å². The highest BCUT2D eigenvalue weighted by molar-refractivity contribution is 6.03. The monoisotopic (exact) mass is 401 g/mol. The predicted octanol–water partition coefficient (Wildman–Crippen LogP) is 4.02. The Morgan fingerprint density at radius 3 is 2.10 bits per heavy atom. The zero-order chi connectivity index (χ0) is 21.6. The van der Waals surface area contributed by atoms with Crippen molar-refractivity contribution in [3.8, 4) is 17.2 Å². The molecular weight excluding hydrogens is 374 g/mol. The Bertz CT molecular complexity index is 878. The second-order valence-electron chi connectivity index (χ2n) is 6.69. The minimum atomic E-state index is -0.798. The Hall–Kier alpha value is -3.22. The zero-order valence-electron chi connectivity index (χ0n) is 17.6. The number of benzene rings is 2. The van der Waals surface area contributed by atoms with Gasteiger partial charge in [0.1, 0.15) is 5.75 Å². The number of anilines is 1. The number of carbonyl (C=O) groups excluding carboxylic acids is 2. The van der Waals surface area contributed by atoms with E-state index in [0.29, 0.717) is 17.2 Å². The third-order valence-corrected chi connectivity index (χ3v) is 4.40. The van der Waals surface area contributed by atoms with Gasteiger partial charge in [0.15, 0.2) is 17.6 Å². The summed E-state index contributed by atoms with van der Waals surface area (Å²) in [7, 11) is 4.19. The van der Waals surface area contributed by atoms with Crippen LogP contribution in [0.2, 0.25) is 0 Å². The highest BCUT2D eigenvalue weighted by Crippen LogP contribution is 2.34. The standard InChI is InChI=1S/C22H27NO6/c1-13(2)15-9-7-8-10-18(15)29-14(3)21(24)23-17-12-20(27-5)19(26-4)11-16(17)22(25)28-6/h7-14H,1-6H3,(H,23,24). The normalized spacial score (nSPS) is 11.6. The molecule has 7 heteroatoms. The molecule has 2 rings (SSSR count). The van der Waals surface area contributed by atoms with Gasteiger partial charge >= 0.3 is 5.97 Å². The molecule has 0 aliphatic heterocycles. The van der Waals surface area contributed by atoms with Crippen molar-refractivity contribution in [2.45, 2.75) is 32.8 Å². The molecule has 1 unspecified atom stereocenters. The van der Waals surface area contributed by atoms with Gasteiger partial charge in [-0.1, -0.05) is 32.0 Å². The van der Waals surface area contributed by atoms with Crippen LogP contribution in [0.3, 0.4) is 0 Å². The molecule has 0 aliphatic rings. The van der Waals surface area contributed by atoms with Crippen molar-refractivity contribution in [2.24, 2.45) is 0 Å². The summed E-state index contributed by atoms with van der Waals surface area (Å²) in [6, 6.07) is 10.6. The number of amides is 1. The van der Waals surface area contributed by atoms with E-state index in [1.54, 1.807) is 6.92 Å². The molecule has 1 amide bonds. The summed E-state index contributed by atoms with van der Waals surface area (Å²) in [4.78, 5) is 24.9. The number of ether oxygens (including phenoxy) is 4. The molecule has 0 spiro atoms. The number of methoxy groups -OCH3 is 3. The minimum Gasteiger partial charge on any atom is -0.493 e. The molecule has 0 aromatic heterocycles. The maximum absolute atomic E-state index is 12.8. The second kappa shape index (κ2) is 9.82. The largest absolute Gasteiger partial charge is 0.493 e. The lowest BCUT2D eigenvalue weighted by Gasteiger charge is -2.20. The molecule has 0 saturated carbocycles. The fraction of sp³-hybridized carbons (Fsp3) is 0.364. The molecule has 29 heavy (non-hydrogen) atoms. The molecule has 156 valence electrons. The fourth-order valence-corrected chi connectivity index (χ4v) is 2.80. The van der Waals surface area contributed by atoms with Gasteiger partial charge in [0.2, 0.25) is 0 Å². The van der Waals surface area contributed by atoms with Crippen LogP contribution in [0.5, 0.6) is 17.2 Å². The number of para-hydroxylation sites is 1. The van der Waals surface area contributed by atoms with Crippen molar-refractivity contribution in [2.75, 3.05) is 26.6 Å². The van der Waals surface area contributed by atoms with Crippen molar-refractivity contribution in [3.63, 3.8) is 0 Å². The molecule has 2 aromatic carbocycles. The number of hydrogen-bond acceptors (Lipinski definition) is 6. The maximum atomic E-state index is 12.8. The van der Waals surface area contributed by atoms with E-state index < -0.39 is 18.0 Å². The Kier molecular flexibility index (Phi) is 7.47. The summed E-state index contributed by atoms with van der Waals surface area (Å²) in [5.74, 6) is 0.583. The van der Waals surface area contributed by atoms with Crippen LogP contribution in [0.4, 0.5) is 5.69 Å². The fourth-order valence-electron chi connectivity index (χ4n) is 2.80. The number of esters is 1. The molecular formula is C22H27NO6. The lowest BCUT2D eigenvalue weighted by Crippen LogP contribution is -2.31. The van der Waals surface area contributed by atoms with Crippen LogP contribution in [0.15, 0.2) is 36.4 Å². The van der Waals surface area contributed by atoms with Crippen molar-refractivity contribution in [3.05, 3.63) is 47.5 Å². The van der Waals surface area contributed by atoms with Crippen molar-refractivity contribution in [1.29, 1.82) is 0 Å². The first-order valence-electron chi connectivity index (χ1n) is 9.23. The average molecular weight is 401 g/mol.